The molecule has 1 saturated heterocycles. The summed E-state index contributed by atoms with van der Waals surface area (Å²) in [4.78, 5) is 13.2. The first kappa shape index (κ1) is 21.2. The van der Waals surface area contributed by atoms with Crippen LogP contribution in [0, 0.1) is 23.2 Å². The molecule has 9 unspecified atom stereocenters. The van der Waals surface area contributed by atoms with Gasteiger partial charge in [0.25, 0.3) is 0 Å². The Labute approximate surface area is 155 Å². The smallest absolute Gasteiger partial charge is 0.154 e. The van der Waals surface area contributed by atoms with E-state index in [1.807, 2.05) is 6.92 Å². The minimum atomic E-state index is -1.24. The molecule has 1 aliphatic carbocycles. The lowest BCUT2D eigenvalue weighted by Crippen LogP contribution is -2.59. The van der Waals surface area contributed by atoms with Crippen molar-refractivity contribution in [2.45, 2.75) is 32.2 Å². The number of ketones is 1. The van der Waals surface area contributed by atoms with Crippen molar-refractivity contribution in [2.24, 2.45) is 23.2 Å². The molecule has 0 spiro atoms. The van der Waals surface area contributed by atoms with E-state index in [2.05, 4.69) is 6.92 Å². The Morgan fingerprint density at radius 1 is 1.16 bits per heavy atom. The summed E-state index contributed by atoms with van der Waals surface area (Å²) < 4.78 is 41.1. The van der Waals surface area contributed by atoms with Crippen LogP contribution in [0.1, 0.15) is 13.8 Å². The van der Waals surface area contributed by atoms with Crippen LogP contribution in [0.4, 0.5) is 0 Å². The Balaban J connectivity index is 2.49. The van der Waals surface area contributed by atoms with Crippen molar-refractivity contribution in [3.63, 3.8) is 0 Å². The standard InChI is InChI=1S/C17H30O6S2/c1-10-11-7-23-13(9-25(6)20)17(2,12(18)8-24(5)19)14(11)16(22-4)15(10)21-3/h10-11,13-16H,7-9H2,1-6H3. The van der Waals surface area contributed by atoms with Crippen molar-refractivity contribution in [3.05, 3.63) is 0 Å². The molecule has 25 heavy (non-hydrogen) atoms. The summed E-state index contributed by atoms with van der Waals surface area (Å²) in [6.45, 7) is 4.45. The van der Waals surface area contributed by atoms with Crippen LogP contribution in [0.3, 0.4) is 0 Å². The summed E-state index contributed by atoms with van der Waals surface area (Å²) in [6.07, 6.45) is 2.28. The van der Waals surface area contributed by atoms with Gasteiger partial charge in [-0.1, -0.05) is 6.92 Å². The van der Waals surface area contributed by atoms with Crippen LogP contribution < -0.4 is 0 Å². The molecule has 0 bridgehead atoms. The number of hydrogen-bond donors (Lipinski definition) is 0. The number of methoxy groups -OCH3 is 2. The summed E-state index contributed by atoms with van der Waals surface area (Å²) in [6, 6.07) is 0. The molecule has 2 aliphatic rings. The molecule has 0 radical (unpaired) electrons. The van der Waals surface area contributed by atoms with Gasteiger partial charge in [0.05, 0.1) is 41.8 Å². The lowest BCUT2D eigenvalue weighted by Gasteiger charge is -2.49. The first-order valence-electron chi connectivity index (χ1n) is 8.49. The van der Waals surface area contributed by atoms with Crippen molar-refractivity contribution >= 4 is 27.4 Å². The van der Waals surface area contributed by atoms with E-state index in [0.29, 0.717) is 6.61 Å². The predicted molar refractivity (Wildman–Crippen MR) is 98.5 cm³/mol. The molecule has 9 atom stereocenters. The predicted octanol–water partition coefficient (Wildman–Crippen LogP) is 0.630. The molecule has 0 N–H and O–H groups in total. The molecule has 0 amide bonds. The highest BCUT2D eigenvalue weighted by molar-refractivity contribution is 7.85. The second kappa shape index (κ2) is 8.25. The fourth-order valence-electron chi connectivity index (χ4n) is 4.74. The van der Waals surface area contributed by atoms with Gasteiger partial charge in [0, 0.05) is 54.2 Å². The highest BCUT2D eigenvalue weighted by Gasteiger charge is 2.63. The van der Waals surface area contributed by atoms with Crippen molar-refractivity contribution in [2.75, 3.05) is 44.8 Å². The van der Waals surface area contributed by atoms with Crippen molar-refractivity contribution in [1.29, 1.82) is 0 Å². The molecule has 6 nitrogen and oxygen atoms in total. The number of fused-ring (bicyclic) bond motifs is 1. The lowest BCUT2D eigenvalue weighted by atomic mass is 9.63. The van der Waals surface area contributed by atoms with Gasteiger partial charge in [0.2, 0.25) is 0 Å². The van der Waals surface area contributed by atoms with E-state index in [1.165, 1.54) is 6.26 Å². The third-order valence-corrected chi connectivity index (χ3v) is 7.49. The Morgan fingerprint density at radius 2 is 1.76 bits per heavy atom. The average molecular weight is 395 g/mol. The molecule has 0 aromatic rings. The number of Topliss-reactive ketones (excluding diaryl/α,β-unsaturated/α-hetero) is 1. The van der Waals surface area contributed by atoms with Gasteiger partial charge in [-0.05, 0) is 18.8 Å². The van der Waals surface area contributed by atoms with Gasteiger partial charge >= 0.3 is 0 Å². The molecule has 2 fully saturated rings. The highest BCUT2D eigenvalue weighted by atomic mass is 32.2. The maximum atomic E-state index is 13.2. The maximum absolute atomic E-state index is 13.2. The topological polar surface area (TPSA) is 78.9 Å². The zero-order chi connectivity index (χ0) is 18.9. The summed E-state index contributed by atoms with van der Waals surface area (Å²) >= 11 is 0. The number of hydrogen-bond acceptors (Lipinski definition) is 6. The molecule has 146 valence electrons. The van der Waals surface area contributed by atoms with Crippen LogP contribution in [0.2, 0.25) is 0 Å². The van der Waals surface area contributed by atoms with Crippen LogP contribution in [0.25, 0.3) is 0 Å². The zero-order valence-electron chi connectivity index (χ0n) is 15.9. The number of carbonyl (C=O) groups excluding carboxylic acids is 1. The summed E-state index contributed by atoms with van der Waals surface area (Å²) in [5, 5.41) is 0. The van der Waals surface area contributed by atoms with Crippen molar-refractivity contribution in [1.82, 2.24) is 0 Å². The van der Waals surface area contributed by atoms with E-state index in [0.717, 1.165) is 0 Å². The van der Waals surface area contributed by atoms with E-state index < -0.39 is 33.1 Å². The normalized spacial score (nSPS) is 43.4. The Bertz CT molecular complexity index is 553. The first-order valence-corrected chi connectivity index (χ1v) is 11.9. The van der Waals surface area contributed by atoms with Crippen LogP contribution in [0.5, 0.6) is 0 Å². The molecular formula is C17H30O6S2. The largest absolute Gasteiger partial charge is 0.378 e. The van der Waals surface area contributed by atoms with Gasteiger partial charge in [-0.25, -0.2) is 0 Å². The third kappa shape index (κ3) is 3.78. The zero-order valence-corrected chi connectivity index (χ0v) is 17.5. The van der Waals surface area contributed by atoms with Crippen LogP contribution >= 0.6 is 0 Å². The van der Waals surface area contributed by atoms with E-state index >= 15 is 0 Å². The Kier molecular flexibility index (Phi) is 6.98. The van der Waals surface area contributed by atoms with Gasteiger partial charge in [-0.3, -0.25) is 13.2 Å². The van der Waals surface area contributed by atoms with E-state index in [1.54, 1.807) is 20.5 Å². The van der Waals surface area contributed by atoms with Gasteiger partial charge in [0.15, 0.2) is 5.78 Å². The van der Waals surface area contributed by atoms with E-state index in [-0.39, 0.29) is 47.3 Å². The first-order chi connectivity index (χ1) is 11.7. The molecule has 2 rings (SSSR count). The molecule has 0 aromatic carbocycles. The number of ether oxygens (including phenoxy) is 3. The molecule has 8 heteroatoms. The summed E-state index contributed by atoms with van der Waals surface area (Å²) in [5.74, 6) is 0.311. The van der Waals surface area contributed by atoms with E-state index in [9.17, 15) is 13.2 Å². The van der Waals surface area contributed by atoms with Crippen LogP contribution in [0.15, 0.2) is 0 Å². The molecular weight excluding hydrogens is 364 g/mol. The monoisotopic (exact) mass is 394 g/mol. The van der Waals surface area contributed by atoms with Gasteiger partial charge < -0.3 is 14.2 Å². The summed E-state index contributed by atoms with van der Waals surface area (Å²) in [5.41, 5.74) is -0.900. The van der Waals surface area contributed by atoms with Crippen LogP contribution in [-0.2, 0) is 40.6 Å². The second-order valence-electron chi connectivity index (χ2n) is 7.43. The van der Waals surface area contributed by atoms with Gasteiger partial charge in [0.1, 0.15) is 0 Å². The quantitative estimate of drug-likeness (QED) is 0.630. The van der Waals surface area contributed by atoms with E-state index in [4.69, 9.17) is 14.2 Å². The highest BCUT2D eigenvalue weighted by Crippen LogP contribution is 2.54. The Hall–Kier alpha value is -0.150. The van der Waals surface area contributed by atoms with Crippen molar-refractivity contribution < 1.29 is 27.4 Å². The Morgan fingerprint density at radius 3 is 2.24 bits per heavy atom. The SMILES string of the molecule is COC1C(C)C2COC(CS(C)=O)C(C)(C(=O)CS(C)=O)C2C1OC. The average Bonchev–Trinajstić information content (AvgIpc) is 2.81. The number of carbonyl (C=O) groups is 1. The van der Waals surface area contributed by atoms with Crippen LogP contribution in [-0.4, -0.2) is 77.4 Å². The maximum Gasteiger partial charge on any atom is 0.154 e. The van der Waals surface area contributed by atoms with Gasteiger partial charge in [-0.2, -0.15) is 0 Å². The molecule has 0 aromatic heterocycles. The lowest BCUT2D eigenvalue weighted by molar-refractivity contribution is -0.172. The molecule has 1 heterocycles. The number of rotatable bonds is 7. The molecule has 1 saturated carbocycles. The summed E-state index contributed by atoms with van der Waals surface area (Å²) in [7, 11) is 0.945. The minimum Gasteiger partial charge on any atom is -0.378 e. The minimum absolute atomic E-state index is 0.0294. The third-order valence-electron chi connectivity index (χ3n) is 6.05. The van der Waals surface area contributed by atoms with Crippen molar-refractivity contribution in [3.8, 4) is 0 Å². The fraction of sp³-hybridized carbons (Fsp3) is 0.941. The second-order valence-corrected chi connectivity index (χ2v) is 10.3. The fourth-order valence-corrected chi connectivity index (χ4v) is 6.29. The molecule has 1 aliphatic heterocycles. The van der Waals surface area contributed by atoms with Gasteiger partial charge in [-0.15, -0.1) is 0 Å².